The van der Waals surface area contributed by atoms with Crippen LogP contribution in [0.15, 0.2) is 18.2 Å². The molecule has 0 radical (unpaired) electrons. The van der Waals surface area contributed by atoms with Gasteiger partial charge in [0, 0.05) is 6.04 Å². The lowest BCUT2D eigenvalue weighted by Gasteiger charge is -2.33. The highest BCUT2D eigenvalue weighted by Gasteiger charge is 2.25. The summed E-state index contributed by atoms with van der Waals surface area (Å²) in [5, 5.41) is 3.47. The molecule has 19 heavy (non-hydrogen) atoms. The Balaban J connectivity index is 1.77. The predicted octanol–water partition coefficient (Wildman–Crippen LogP) is 3.94. The van der Waals surface area contributed by atoms with E-state index in [0.29, 0.717) is 12.0 Å². The highest BCUT2D eigenvalue weighted by atomic mass is 19.1. The first kappa shape index (κ1) is 12.5. The SMILES string of the molecule is CC1CCC(Nc2nc3ccc(F)cc3[nH]2)C(C)C1. The van der Waals surface area contributed by atoms with E-state index in [9.17, 15) is 4.39 Å². The number of anilines is 1. The van der Waals surface area contributed by atoms with Crippen LogP contribution >= 0.6 is 0 Å². The third-order valence-corrected chi connectivity index (χ3v) is 4.20. The van der Waals surface area contributed by atoms with Crippen LogP contribution in [0, 0.1) is 17.7 Å². The minimum atomic E-state index is -0.234. The van der Waals surface area contributed by atoms with Crippen molar-refractivity contribution in [3.05, 3.63) is 24.0 Å². The minimum Gasteiger partial charge on any atom is -0.353 e. The third-order valence-electron chi connectivity index (χ3n) is 4.20. The molecule has 4 heteroatoms. The highest BCUT2D eigenvalue weighted by molar-refractivity contribution is 5.77. The van der Waals surface area contributed by atoms with E-state index in [-0.39, 0.29) is 5.82 Å². The maximum atomic E-state index is 13.1. The van der Waals surface area contributed by atoms with E-state index in [1.54, 1.807) is 6.07 Å². The second kappa shape index (κ2) is 4.83. The number of imidazole rings is 1. The van der Waals surface area contributed by atoms with Crippen molar-refractivity contribution in [1.82, 2.24) is 9.97 Å². The van der Waals surface area contributed by atoms with Gasteiger partial charge in [-0.3, -0.25) is 0 Å². The molecule has 1 fully saturated rings. The summed E-state index contributed by atoms with van der Waals surface area (Å²) in [4.78, 5) is 7.62. The number of hydrogen-bond donors (Lipinski definition) is 2. The molecule has 0 spiro atoms. The van der Waals surface area contributed by atoms with Gasteiger partial charge in [0.15, 0.2) is 0 Å². The number of nitrogens with one attached hydrogen (secondary N) is 2. The Bertz CT molecular complexity index is 578. The zero-order valence-electron chi connectivity index (χ0n) is 11.4. The van der Waals surface area contributed by atoms with Gasteiger partial charge in [-0.1, -0.05) is 13.8 Å². The molecule has 3 rings (SSSR count). The molecule has 1 saturated carbocycles. The van der Waals surface area contributed by atoms with E-state index in [1.807, 2.05) is 0 Å². The number of aromatic nitrogens is 2. The molecule has 0 aliphatic heterocycles. The van der Waals surface area contributed by atoms with Crippen molar-refractivity contribution in [1.29, 1.82) is 0 Å². The second-order valence-corrected chi connectivity index (χ2v) is 5.89. The fourth-order valence-electron chi connectivity index (χ4n) is 3.11. The van der Waals surface area contributed by atoms with Crippen molar-refractivity contribution in [2.24, 2.45) is 11.8 Å². The van der Waals surface area contributed by atoms with Gasteiger partial charge in [0.25, 0.3) is 0 Å². The van der Waals surface area contributed by atoms with E-state index in [2.05, 4.69) is 29.1 Å². The summed E-state index contributed by atoms with van der Waals surface area (Å²) in [6.45, 7) is 4.60. The molecule has 0 bridgehead atoms. The van der Waals surface area contributed by atoms with Gasteiger partial charge in [-0.05, 0) is 49.3 Å². The molecule has 1 heterocycles. The largest absolute Gasteiger partial charge is 0.353 e. The number of H-pyrrole nitrogens is 1. The van der Waals surface area contributed by atoms with Crippen LogP contribution in [0.2, 0.25) is 0 Å². The Morgan fingerprint density at radius 3 is 2.95 bits per heavy atom. The second-order valence-electron chi connectivity index (χ2n) is 5.89. The number of hydrogen-bond acceptors (Lipinski definition) is 2. The first-order chi connectivity index (χ1) is 9.11. The lowest BCUT2D eigenvalue weighted by atomic mass is 9.80. The molecule has 102 valence electrons. The molecule has 1 aliphatic carbocycles. The van der Waals surface area contributed by atoms with Gasteiger partial charge in [0.05, 0.1) is 11.0 Å². The maximum Gasteiger partial charge on any atom is 0.201 e. The van der Waals surface area contributed by atoms with Crippen molar-refractivity contribution in [3.8, 4) is 0 Å². The number of nitrogens with zero attached hydrogens (tertiary/aromatic N) is 1. The summed E-state index contributed by atoms with van der Waals surface area (Å²) in [7, 11) is 0. The van der Waals surface area contributed by atoms with E-state index in [1.165, 1.54) is 31.4 Å². The third kappa shape index (κ3) is 2.57. The van der Waals surface area contributed by atoms with Crippen molar-refractivity contribution < 1.29 is 4.39 Å². The Morgan fingerprint density at radius 1 is 1.32 bits per heavy atom. The lowest BCUT2D eigenvalue weighted by Crippen LogP contribution is -2.33. The van der Waals surface area contributed by atoms with Crippen LogP contribution in [0.5, 0.6) is 0 Å². The van der Waals surface area contributed by atoms with Gasteiger partial charge in [0.1, 0.15) is 5.82 Å². The predicted molar refractivity (Wildman–Crippen MR) is 75.6 cm³/mol. The molecule has 2 aromatic rings. The van der Waals surface area contributed by atoms with E-state index in [0.717, 1.165) is 22.9 Å². The Kier molecular flexibility index (Phi) is 3.17. The molecule has 3 nitrogen and oxygen atoms in total. The van der Waals surface area contributed by atoms with Gasteiger partial charge in [-0.15, -0.1) is 0 Å². The van der Waals surface area contributed by atoms with Crippen LogP contribution in [0.25, 0.3) is 11.0 Å². The van der Waals surface area contributed by atoms with E-state index in [4.69, 9.17) is 0 Å². The topological polar surface area (TPSA) is 40.7 Å². The average Bonchev–Trinajstić information content (AvgIpc) is 2.74. The molecular weight excluding hydrogens is 241 g/mol. The number of fused-ring (bicyclic) bond motifs is 1. The standard InChI is InChI=1S/C15H20FN3/c1-9-3-5-12(10(2)7-9)17-15-18-13-6-4-11(16)8-14(13)19-15/h4,6,8-10,12H,3,5,7H2,1-2H3,(H2,17,18,19). The molecule has 3 atom stereocenters. The number of benzene rings is 1. The van der Waals surface area contributed by atoms with Crippen LogP contribution in [0.3, 0.4) is 0 Å². The van der Waals surface area contributed by atoms with Gasteiger partial charge >= 0.3 is 0 Å². The maximum absolute atomic E-state index is 13.1. The summed E-state index contributed by atoms with van der Waals surface area (Å²) in [5.41, 5.74) is 1.56. The molecule has 0 amide bonds. The van der Waals surface area contributed by atoms with E-state index < -0.39 is 0 Å². The van der Waals surface area contributed by atoms with Crippen molar-refractivity contribution in [2.45, 2.75) is 39.2 Å². The summed E-state index contributed by atoms with van der Waals surface area (Å²) >= 11 is 0. The van der Waals surface area contributed by atoms with Crippen LogP contribution in [0.1, 0.15) is 33.1 Å². The van der Waals surface area contributed by atoms with Crippen LogP contribution in [-0.2, 0) is 0 Å². The van der Waals surface area contributed by atoms with Gasteiger partial charge < -0.3 is 10.3 Å². The number of aromatic amines is 1. The fourth-order valence-corrected chi connectivity index (χ4v) is 3.11. The minimum absolute atomic E-state index is 0.234. The zero-order valence-corrected chi connectivity index (χ0v) is 11.4. The summed E-state index contributed by atoms with van der Waals surface area (Å²) in [5.74, 6) is 1.99. The molecule has 2 N–H and O–H groups in total. The van der Waals surface area contributed by atoms with Gasteiger partial charge in [-0.25, -0.2) is 9.37 Å². The smallest absolute Gasteiger partial charge is 0.201 e. The molecule has 3 unspecified atom stereocenters. The zero-order chi connectivity index (χ0) is 13.4. The van der Waals surface area contributed by atoms with Crippen molar-refractivity contribution >= 4 is 17.0 Å². The molecule has 0 saturated heterocycles. The average molecular weight is 261 g/mol. The normalized spacial score (nSPS) is 27.6. The van der Waals surface area contributed by atoms with Crippen LogP contribution in [-0.4, -0.2) is 16.0 Å². The summed E-state index contributed by atoms with van der Waals surface area (Å²) in [6.07, 6.45) is 3.69. The Hall–Kier alpha value is -1.58. The van der Waals surface area contributed by atoms with Crippen LogP contribution < -0.4 is 5.32 Å². The number of rotatable bonds is 2. The van der Waals surface area contributed by atoms with E-state index >= 15 is 0 Å². The van der Waals surface area contributed by atoms with Crippen molar-refractivity contribution in [3.63, 3.8) is 0 Å². The molecule has 1 aliphatic rings. The molecule has 1 aromatic carbocycles. The fraction of sp³-hybridized carbons (Fsp3) is 0.533. The van der Waals surface area contributed by atoms with Crippen LogP contribution in [0.4, 0.5) is 10.3 Å². The van der Waals surface area contributed by atoms with Gasteiger partial charge in [-0.2, -0.15) is 0 Å². The summed E-state index contributed by atoms with van der Waals surface area (Å²) in [6, 6.07) is 5.10. The number of halogens is 1. The Morgan fingerprint density at radius 2 is 2.16 bits per heavy atom. The monoisotopic (exact) mass is 261 g/mol. The first-order valence-corrected chi connectivity index (χ1v) is 7.03. The lowest BCUT2D eigenvalue weighted by molar-refractivity contribution is 0.276. The highest BCUT2D eigenvalue weighted by Crippen LogP contribution is 2.30. The van der Waals surface area contributed by atoms with Crippen molar-refractivity contribution in [2.75, 3.05) is 5.32 Å². The first-order valence-electron chi connectivity index (χ1n) is 7.03. The quantitative estimate of drug-likeness (QED) is 0.859. The molecule has 1 aromatic heterocycles. The van der Waals surface area contributed by atoms with Gasteiger partial charge in [0.2, 0.25) is 5.95 Å². The molecular formula is C15H20FN3. The Labute approximate surface area is 112 Å². The summed E-state index contributed by atoms with van der Waals surface area (Å²) < 4.78 is 13.1.